The van der Waals surface area contributed by atoms with Crippen molar-refractivity contribution < 1.29 is 9.18 Å². The van der Waals surface area contributed by atoms with Gasteiger partial charge in [0.1, 0.15) is 5.69 Å². The lowest BCUT2D eigenvalue weighted by atomic mass is 10.4. The summed E-state index contributed by atoms with van der Waals surface area (Å²) in [5, 5.41) is 5.93. The van der Waals surface area contributed by atoms with Gasteiger partial charge in [-0.3, -0.25) is 14.3 Å². The van der Waals surface area contributed by atoms with Crippen LogP contribution >= 0.6 is 0 Å². The molecule has 0 bridgehead atoms. The molecule has 0 saturated carbocycles. The van der Waals surface area contributed by atoms with Crippen molar-refractivity contribution in [1.82, 2.24) is 10.2 Å². The Balaban J connectivity index is 0.000000371. The molecule has 10 heavy (non-hydrogen) atoms. The number of hydrogen-bond donors (Lipinski definition) is 2. The molecule has 1 rings (SSSR count). The number of rotatable bonds is 1. The Hall–Kier alpha value is -1.39. The molecule has 1 amide bonds. The number of hydrogen-bond acceptors (Lipinski definition) is 2. The van der Waals surface area contributed by atoms with Crippen molar-refractivity contribution in [1.29, 1.82) is 0 Å². The molecule has 4 nitrogen and oxygen atoms in total. The average molecular weight is 145 g/mol. The Morgan fingerprint density at radius 3 is 2.60 bits per heavy atom. The van der Waals surface area contributed by atoms with E-state index in [1.165, 1.54) is 12.3 Å². The van der Waals surface area contributed by atoms with Crippen molar-refractivity contribution in [3.05, 3.63) is 18.0 Å². The van der Waals surface area contributed by atoms with Gasteiger partial charge in [-0.05, 0) is 6.07 Å². The number of nitrogens with zero attached hydrogens (tertiary/aromatic N) is 1. The number of amides is 1. The number of halogens is 1. The van der Waals surface area contributed by atoms with Crippen LogP contribution in [0.4, 0.5) is 4.39 Å². The number of nitrogens with one attached hydrogen (secondary N) is 1. The molecule has 0 saturated heterocycles. The maximum Gasteiger partial charge on any atom is 0.266 e. The van der Waals surface area contributed by atoms with Gasteiger partial charge >= 0.3 is 0 Å². The minimum Gasteiger partial charge on any atom is -0.364 e. The molecule has 1 heterocycles. The van der Waals surface area contributed by atoms with Crippen LogP contribution in [-0.4, -0.2) is 23.3 Å². The van der Waals surface area contributed by atoms with Crippen LogP contribution in [0.15, 0.2) is 12.3 Å². The summed E-state index contributed by atoms with van der Waals surface area (Å²) < 4.78 is 9.50. The third-order valence-corrected chi connectivity index (χ3v) is 0.766. The van der Waals surface area contributed by atoms with Crippen LogP contribution in [0.3, 0.4) is 0 Å². The zero-order valence-electron chi connectivity index (χ0n) is 5.47. The lowest BCUT2D eigenvalue weighted by molar-refractivity contribution is 0.0995. The summed E-state index contributed by atoms with van der Waals surface area (Å²) in [4.78, 5) is 10.2. The number of alkyl halides is 1. The van der Waals surface area contributed by atoms with E-state index in [1.807, 2.05) is 0 Å². The summed E-state index contributed by atoms with van der Waals surface area (Å²) in [6, 6.07) is 1.52. The molecule has 0 radical (unpaired) electrons. The maximum absolute atomic E-state index is 10.2. The average Bonchev–Trinajstić information content (AvgIpc) is 2.42. The zero-order valence-corrected chi connectivity index (χ0v) is 5.47. The highest BCUT2D eigenvalue weighted by atomic mass is 19.1. The SMILES string of the molecule is CF.NC(=O)c1ccn[nH]1. The normalized spacial score (nSPS) is 7.80. The molecule has 0 aliphatic heterocycles. The van der Waals surface area contributed by atoms with Gasteiger partial charge in [-0.1, -0.05) is 0 Å². The third-order valence-electron chi connectivity index (χ3n) is 0.766. The minimum atomic E-state index is -0.484. The van der Waals surface area contributed by atoms with E-state index in [0.29, 0.717) is 12.9 Å². The van der Waals surface area contributed by atoms with Crippen molar-refractivity contribution in [2.45, 2.75) is 0 Å². The molecular formula is C5H8FN3O. The quantitative estimate of drug-likeness (QED) is 0.588. The van der Waals surface area contributed by atoms with Crippen LogP contribution in [0.25, 0.3) is 0 Å². The topological polar surface area (TPSA) is 71.8 Å². The van der Waals surface area contributed by atoms with Gasteiger partial charge < -0.3 is 5.73 Å². The first-order chi connectivity index (χ1) is 4.80. The molecule has 0 fully saturated rings. The molecule has 0 aliphatic rings. The molecule has 5 heteroatoms. The standard InChI is InChI=1S/C4H5N3O.CH3F/c5-4(8)3-1-2-6-7-3;1-2/h1-2H,(H2,5,8)(H,6,7);1H3. The van der Waals surface area contributed by atoms with E-state index in [1.54, 1.807) is 0 Å². The van der Waals surface area contributed by atoms with Gasteiger partial charge in [0.05, 0.1) is 7.18 Å². The number of aromatic nitrogens is 2. The Kier molecular flexibility index (Phi) is 3.86. The number of primary amides is 1. The second-order valence-electron chi connectivity index (χ2n) is 1.33. The number of carbonyl (C=O) groups excluding carboxylic acids is 1. The third kappa shape index (κ3) is 2.25. The summed E-state index contributed by atoms with van der Waals surface area (Å²) in [6.07, 6.45) is 1.47. The number of carbonyl (C=O) groups is 1. The van der Waals surface area contributed by atoms with Crippen LogP contribution in [-0.2, 0) is 0 Å². The molecular weight excluding hydrogens is 137 g/mol. The van der Waals surface area contributed by atoms with E-state index in [-0.39, 0.29) is 0 Å². The molecule has 0 spiro atoms. The zero-order chi connectivity index (χ0) is 7.98. The van der Waals surface area contributed by atoms with Crippen molar-refractivity contribution >= 4 is 5.91 Å². The Labute approximate surface area is 57.2 Å². The van der Waals surface area contributed by atoms with Crippen molar-refractivity contribution in [3.63, 3.8) is 0 Å². The van der Waals surface area contributed by atoms with Gasteiger partial charge in [-0.25, -0.2) is 0 Å². The predicted molar refractivity (Wildman–Crippen MR) is 34.1 cm³/mol. The van der Waals surface area contributed by atoms with E-state index in [9.17, 15) is 9.18 Å². The molecule has 1 aromatic heterocycles. The predicted octanol–water partition coefficient (Wildman–Crippen LogP) is 0.0943. The smallest absolute Gasteiger partial charge is 0.266 e. The number of nitrogens with two attached hydrogens (primary N) is 1. The van der Waals surface area contributed by atoms with Gasteiger partial charge in [0.15, 0.2) is 0 Å². The highest BCUT2D eigenvalue weighted by Crippen LogP contribution is 1.85. The Bertz CT molecular complexity index is 185. The fourth-order valence-electron chi connectivity index (χ4n) is 0.393. The van der Waals surface area contributed by atoms with Gasteiger partial charge in [0, 0.05) is 6.20 Å². The lowest BCUT2D eigenvalue weighted by Gasteiger charge is -1.80. The number of aromatic amines is 1. The lowest BCUT2D eigenvalue weighted by Crippen LogP contribution is -2.10. The van der Waals surface area contributed by atoms with E-state index in [0.717, 1.165) is 0 Å². The summed E-state index contributed by atoms with van der Waals surface area (Å²) in [6.45, 7) is 0. The van der Waals surface area contributed by atoms with Crippen LogP contribution in [0.5, 0.6) is 0 Å². The summed E-state index contributed by atoms with van der Waals surface area (Å²) in [5.41, 5.74) is 5.19. The maximum atomic E-state index is 10.2. The molecule has 1 aromatic rings. The highest BCUT2D eigenvalue weighted by molar-refractivity contribution is 5.90. The van der Waals surface area contributed by atoms with Gasteiger partial charge in [0.2, 0.25) is 0 Å². The fraction of sp³-hybridized carbons (Fsp3) is 0.200. The molecule has 3 N–H and O–H groups in total. The molecule has 0 unspecified atom stereocenters. The van der Waals surface area contributed by atoms with Gasteiger partial charge in [0.25, 0.3) is 5.91 Å². The van der Waals surface area contributed by atoms with E-state index >= 15 is 0 Å². The van der Waals surface area contributed by atoms with Crippen molar-refractivity contribution in [2.75, 3.05) is 7.18 Å². The molecule has 0 atom stereocenters. The van der Waals surface area contributed by atoms with E-state index in [4.69, 9.17) is 5.73 Å². The van der Waals surface area contributed by atoms with E-state index in [2.05, 4.69) is 10.2 Å². The second-order valence-corrected chi connectivity index (χ2v) is 1.33. The minimum absolute atomic E-state index is 0.338. The summed E-state index contributed by atoms with van der Waals surface area (Å²) in [7, 11) is 0.500. The van der Waals surface area contributed by atoms with Crippen molar-refractivity contribution in [3.8, 4) is 0 Å². The van der Waals surface area contributed by atoms with Crippen LogP contribution in [0.2, 0.25) is 0 Å². The monoisotopic (exact) mass is 145 g/mol. The molecule has 0 aliphatic carbocycles. The van der Waals surface area contributed by atoms with Gasteiger partial charge in [-0.2, -0.15) is 5.10 Å². The first-order valence-electron chi connectivity index (χ1n) is 2.47. The highest BCUT2D eigenvalue weighted by Gasteiger charge is 1.96. The van der Waals surface area contributed by atoms with Crippen LogP contribution in [0.1, 0.15) is 10.5 Å². The number of H-pyrrole nitrogens is 1. The summed E-state index contributed by atoms with van der Waals surface area (Å²) >= 11 is 0. The van der Waals surface area contributed by atoms with E-state index < -0.39 is 5.91 Å². The summed E-state index contributed by atoms with van der Waals surface area (Å²) in [5.74, 6) is -0.484. The largest absolute Gasteiger partial charge is 0.364 e. The van der Waals surface area contributed by atoms with Crippen LogP contribution < -0.4 is 5.73 Å². The van der Waals surface area contributed by atoms with Gasteiger partial charge in [-0.15, -0.1) is 0 Å². The Morgan fingerprint density at radius 1 is 1.80 bits per heavy atom. The molecule has 0 aromatic carbocycles. The van der Waals surface area contributed by atoms with Crippen LogP contribution in [0, 0.1) is 0 Å². The first-order valence-corrected chi connectivity index (χ1v) is 2.47. The Morgan fingerprint density at radius 2 is 2.40 bits per heavy atom. The molecule has 56 valence electrons. The second kappa shape index (κ2) is 4.49. The first kappa shape index (κ1) is 8.61. The van der Waals surface area contributed by atoms with Crippen molar-refractivity contribution in [2.24, 2.45) is 5.73 Å². The fourth-order valence-corrected chi connectivity index (χ4v) is 0.393.